The summed E-state index contributed by atoms with van der Waals surface area (Å²) < 4.78 is 0. The van der Waals surface area contributed by atoms with Crippen LogP contribution in [0.3, 0.4) is 0 Å². The van der Waals surface area contributed by atoms with Crippen molar-refractivity contribution in [2.45, 2.75) is 84.3 Å². The van der Waals surface area contributed by atoms with E-state index in [-0.39, 0.29) is 13.0 Å². The fourth-order valence-corrected chi connectivity index (χ4v) is 9.45. The minimum absolute atomic E-state index is 0.106. The number of aliphatic imine (C=N–C) groups is 1. The molecule has 0 aliphatic carbocycles. The zero-order valence-electron chi connectivity index (χ0n) is 21.3. The van der Waals surface area contributed by atoms with Gasteiger partial charge in [-0.15, -0.1) is 0 Å². The summed E-state index contributed by atoms with van der Waals surface area (Å²) in [6, 6.07) is 0. The third-order valence-electron chi connectivity index (χ3n) is 6.27. The van der Waals surface area contributed by atoms with Gasteiger partial charge in [0.15, 0.2) is 0 Å². The molecule has 0 aliphatic heterocycles. The third-order valence-corrected chi connectivity index (χ3v) is 11.3. The number of rotatable bonds is 19. The number of aliphatic hydroxyl groups excluding tert-OH is 3. The second kappa shape index (κ2) is 16.4. The summed E-state index contributed by atoms with van der Waals surface area (Å²) in [4.78, 5) is 41.1. The molecule has 0 aromatic heterocycles. The molecule has 0 radical (unpaired) electrons. The van der Waals surface area contributed by atoms with E-state index in [1.807, 2.05) is 0 Å². The van der Waals surface area contributed by atoms with E-state index < -0.39 is 54.8 Å². The molecule has 0 bridgehead atoms. The number of nitrogens with two attached hydrogens (primary N) is 1. The average molecular weight is 506 g/mol. The van der Waals surface area contributed by atoms with Crippen molar-refractivity contribution in [3.05, 3.63) is 0 Å². The number of unbranched alkanes of at least 4 members (excludes halogenated alkanes) is 3. The molecule has 34 heavy (non-hydrogen) atoms. The van der Waals surface area contributed by atoms with E-state index in [1.165, 1.54) is 0 Å². The van der Waals surface area contributed by atoms with Crippen molar-refractivity contribution >= 4 is 30.6 Å². The van der Waals surface area contributed by atoms with E-state index in [2.05, 4.69) is 25.8 Å². The van der Waals surface area contributed by atoms with E-state index in [0.29, 0.717) is 6.16 Å². The standard InChI is InChI=1S/C24H45N2O7P/c1-5-8-13-34(14-9-6-2,15-10-7-3)16-18(11-12-27)20(29)23(32)26-19(22(25)31)21(30)24(4,33)17-28/h18,21,27-28,30,33H,5-17H2,1-4H3,(H-,25,31)/p+1/t18?,21-,24+/m1/s1. The van der Waals surface area contributed by atoms with Crippen molar-refractivity contribution in [2.75, 3.05) is 37.9 Å². The fourth-order valence-electron chi connectivity index (χ4n) is 3.99. The molecule has 3 atom stereocenters. The van der Waals surface area contributed by atoms with E-state index in [0.717, 1.165) is 63.9 Å². The summed E-state index contributed by atoms with van der Waals surface area (Å²) in [5.41, 5.74) is 2.16. The van der Waals surface area contributed by atoms with Crippen LogP contribution in [0.4, 0.5) is 0 Å². The Morgan fingerprint density at radius 2 is 1.44 bits per heavy atom. The van der Waals surface area contributed by atoms with Crippen molar-refractivity contribution in [1.29, 1.82) is 0 Å². The van der Waals surface area contributed by atoms with E-state index in [4.69, 9.17) is 5.73 Å². The number of hydrogen-bond donors (Lipinski definition) is 5. The first kappa shape index (κ1) is 32.8. The number of Topliss-reactive ketones (excluding diaryl/α,β-unsaturated/α-hetero) is 1. The smallest absolute Gasteiger partial charge is 0.313 e. The first-order valence-corrected chi connectivity index (χ1v) is 14.9. The van der Waals surface area contributed by atoms with Gasteiger partial charge in [-0.05, 0) is 32.6 Å². The first-order chi connectivity index (χ1) is 15.9. The molecular weight excluding hydrogens is 459 g/mol. The molecule has 0 saturated heterocycles. The lowest BCUT2D eigenvalue weighted by atomic mass is 9.95. The van der Waals surface area contributed by atoms with Crippen LogP contribution in [0.1, 0.15) is 72.6 Å². The number of hydrogen-bond acceptors (Lipinski definition) is 7. The maximum absolute atomic E-state index is 13.1. The van der Waals surface area contributed by atoms with Crippen molar-refractivity contribution in [1.82, 2.24) is 0 Å². The van der Waals surface area contributed by atoms with E-state index in [9.17, 15) is 34.8 Å². The Labute approximate surface area is 204 Å². The highest BCUT2D eigenvalue weighted by molar-refractivity contribution is 7.75. The maximum Gasteiger partial charge on any atom is 0.313 e. The first-order valence-electron chi connectivity index (χ1n) is 12.4. The summed E-state index contributed by atoms with van der Waals surface area (Å²) >= 11 is 0. The minimum Gasteiger partial charge on any atom is -0.396 e. The molecule has 0 spiro atoms. The highest BCUT2D eigenvalue weighted by Gasteiger charge is 2.42. The van der Waals surface area contributed by atoms with Gasteiger partial charge in [-0.2, -0.15) is 0 Å². The predicted molar refractivity (Wildman–Crippen MR) is 137 cm³/mol. The van der Waals surface area contributed by atoms with Crippen LogP contribution in [0.2, 0.25) is 0 Å². The van der Waals surface area contributed by atoms with Crippen LogP contribution in [0, 0.1) is 5.92 Å². The number of carbonyl (C=O) groups is 3. The number of ketones is 1. The molecule has 0 saturated carbocycles. The topological polar surface area (TPSA) is 171 Å². The monoisotopic (exact) mass is 505 g/mol. The zero-order valence-corrected chi connectivity index (χ0v) is 22.2. The van der Waals surface area contributed by atoms with Gasteiger partial charge in [0, 0.05) is 13.9 Å². The summed E-state index contributed by atoms with van der Waals surface area (Å²) in [5.74, 6) is -4.11. The van der Waals surface area contributed by atoms with Crippen LogP contribution in [-0.2, 0) is 14.4 Å². The normalized spacial score (nSPS) is 16.1. The van der Waals surface area contributed by atoms with E-state index >= 15 is 0 Å². The summed E-state index contributed by atoms with van der Waals surface area (Å²) in [7, 11) is -1.58. The van der Waals surface area contributed by atoms with E-state index in [1.54, 1.807) is 0 Å². The number of aliphatic hydroxyl groups is 4. The predicted octanol–water partition coefficient (Wildman–Crippen LogP) is 1.53. The second-order valence-corrected chi connectivity index (χ2v) is 13.8. The highest BCUT2D eigenvalue weighted by atomic mass is 31.2. The molecule has 0 rings (SSSR count). The van der Waals surface area contributed by atoms with Crippen molar-refractivity contribution in [3.63, 3.8) is 0 Å². The lowest BCUT2D eigenvalue weighted by molar-refractivity contribution is -0.138. The maximum atomic E-state index is 13.1. The lowest BCUT2D eigenvalue weighted by Crippen LogP contribution is -2.51. The molecular formula is C24H46N2O7P+. The van der Waals surface area contributed by atoms with Crippen LogP contribution >= 0.6 is 7.26 Å². The summed E-state index contributed by atoms with van der Waals surface area (Å²) in [5, 5.41) is 39.1. The number of amides is 2. The molecule has 9 nitrogen and oxygen atoms in total. The Morgan fingerprint density at radius 1 is 0.971 bits per heavy atom. The van der Waals surface area contributed by atoms with Crippen molar-refractivity contribution in [3.8, 4) is 0 Å². The molecule has 0 fully saturated rings. The Kier molecular flexibility index (Phi) is 15.8. The van der Waals surface area contributed by atoms with Gasteiger partial charge in [0.05, 0.1) is 37.2 Å². The van der Waals surface area contributed by atoms with Gasteiger partial charge >= 0.3 is 5.91 Å². The summed E-state index contributed by atoms with van der Waals surface area (Å²) in [6.07, 6.45) is 7.91. The van der Waals surface area contributed by atoms with Gasteiger partial charge in [-0.1, -0.05) is 40.0 Å². The van der Waals surface area contributed by atoms with Crippen LogP contribution in [0.25, 0.3) is 0 Å². The van der Waals surface area contributed by atoms with Crippen molar-refractivity contribution < 1.29 is 34.8 Å². The zero-order chi connectivity index (χ0) is 26.4. The van der Waals surface area contributed by atoms with Gasteiger partial charge < -0.3 is 26.2 Å². The quantitative estimate of drug-likeness (QED) is 0.101. The van der Waals surface area contributed by atoms with Gasteiger partial charge in [-0.3, -0.25) is 14.4 Å². The number of primary amides is 1. The highest BCUT2D eigenvalue weighted by Crippen LogP contribution is 2.62. The Hall–Kier alpha value is -1.25. The SMILES string of the molecule is CCCC[P+](CCCC)(CCCC)CC(CCO)C(=O)C(=O)N=C(C(N)=O)[C@@H](O)[C@@](C)(O)CO. The van der Waals surface area contributed by atoms with Gasteiger partial charge in [-0.25, -0.2) is 4.99 Å². The largest absolute Gasteiger partial charge is 0.396 e. The fraction of sp³-hybridized carbons (Fsp3) is 0.833. The molecule has 0 aromatic carbocycles. The van der Waals surface area contributed by atoms with Crippen LogP contribution < -0.4 is 5.73 Å². The molecule has 198 valence electrons. The third kappa shape index (κ3) is 10.6. The minimum atomic E-state index is -2.18. The molecule has 1 unspecified atom stereocenters. The molecule has 0 aliphatic rings. The molecule has 10 heteroatoms. The Bertz CT molecular complexity index is 660. The second-order valence-electron chi connectivity index (χ2n) is 9.41. The van der Waals surface area contributed by atoms with Gasteiger partial charge in [0.2, 0.25) is 5.78 Å². The molecule has 2 amide bonds. The molecule has 0 heterocycles. The van der Waals surface area contributed by atoms with Gasteiger partial charge in [0.1, 0.15) is 17.4 Å². The lowest BCUT2D eigenvalue weighted by Gasteiger charge is -2.31. The number of nitrogens with zero attached hydrogens (tertiary/aromatic N) is 1. The molecule has 6 N–H and O–H groups in total. The Balaban J connectivity index is 6.07. The molecule has 0 aromatic rings. The van der Waals surface area contributed by atoms with Crippen LogP contribution in [0.15, 0.2) is 4.99 Å². The van der Waals surface area contributed by atoms with Crippen molar-refractivity contribution in [2.24, 2.45) is 16.6 Å². The Morgan fingerprint density at radius 3 is 1.79 bits per heavy atom. The van der Waals surface area contributed by atoms with Crippen LogP contribution in [-0.4, -0.2) is 93.3 Å². The summed E-state index contributed by atoms with van der Waals surface area (Å²) in [6.45, 7) is 6.23. The average Bonchev–Trinajstić information content (AvgIpc) is 2.81. The number of carbonyl (C=O) groups excluding carboxylic acids is 3. The van der Waals surface area contributed by atoms with Crippen LogP contribution in [0.5, 0.6) is 0 Å². The van der Waals surface area contributed by atoms with Gasteiger partial charge in [0.25, 0.3) is 5.91 Å².